The molecule has 0 fully saturated rings. The Labute approximate surface area is 128 Å². The normalized spacial score (nSPS) is 9.74. The van der Waals surface area contributed by atoms with Gasteiger partial charge in [0.05, 0.1) is 19.6 Å². The summed E-state index contributed by atoms with van der Waals surface area (Å²) in [6.07, 6.45) is 0.916. The van der Waals surface area contributed by atoms with Crippen LogP contribution in [0.1, 0.15) is 33.4 Å². The number of aryl methyl sites for hydroxylation is 1. The van der Waals surface area contributed by atoms with Crippen LogP contribution in [-0.4, -0.2) is 28.9 Å². The van der Waals surface area contributed by atoms with Gasteiger partial charge in [0.15, 0.2) is 0 Å². The Hall–Kier alpha value is -0.780. The fourth-order valence-electron chi connectivity index (χ4n) is 1.60. The molecule has 1 aromatic heterocycles. The van der Waals surface area contributed by atoms with Gasteiger partial charge in [0.1, 0.15) is 5.82 Å². The summed E-state index contributed by atoms with van der Waals surface area (Å²) in [4.78, 5) is 5.95. The van der Waals surface area contributed by atoms with Crippen molar-refractivity contribution in [2.45, 2.75) is 34.1 Å². The standard InChI is InChI=1S/C8H10N2S2.C6H15N/c1-2-6-4-3-5-7(9-6)10-8(11)12;1-4-7(5-2)6-3/h3-5H,2H2,1H3,(H2,9,10,11,12);4-6H2,1-3H3. The molecule has 0 saturated heterocycles. The second kappa shape index (κ2) is 11.1. The van der Waals surface area contributed by atoms with E-state index in [0.717, 1.165) is 17.9 Å². The van der Waals surface area contributed by atoms with Gasteiger partial charge >= 0.3 is 0 Å². The molecule has 0 spiro atoms. The van der Waals surface area contributed by atoms with Crippen LogP contribution in [0.15, 0.2) is 18.2 Å². The number of nitrogens with one attached hydrogen (secondary N) is 2. The van der Waals surface area contributed by atoms with Gasteiger partial charge < -0.3 is 35.1 Å². The number of rotatable bonds is 5. The third kappa shape index (κ3) is 8.86. The van der Waals surface area contributed by atoms with Crippen molar-refractivity contribution in [3.63, 3.8) is 0 Å². The SMILES string of the molecule is CC[NH+](CC)CC.CCc1cccc(NC(=S)[S-])n1. The lowest BCUT2D eigenvalue weighted by atomic mass is 10.3. The molecule has 0 bridgehead atoms. The van der Waals surface area contributed by atoms with E-state index in [0.29, 0.717) is 4.32 Å². The van der Waals surface area contributed by atoms with Gasteiger partial charge in [-0.3, -0.25) is 0 Å². The largest absolute Gasteiger partial charge is 0.411 e. The quantitative estimate of drug-likeness (QED) is 0.641. The Balaban J connectivity index is 0.000000399. The molecule has 1 aromatic rings. The van der Waals surface area contributed by atoms with Gasteiger partial charge in [-0.05, 0) is 39.3 Å². The minimum atomic E-state index is 0.329. The minimum Gasteiger partial charge on any atom is -0.411 e. The molecule has 0 atom stereocenters. The zero-order chi connectivity index (χ0) is 14.7. The van der Waals surface area contributed by atoms with E-state index in [1.165, 1.54) is 19.6 Å². The molecular formula is C14H25N3S2. The van der Waals surface area contributed by atoms with Crippen LogP contribution in [0.2, 0.25) is 0 Å². The van der Waals surface area contributed by atoms with Gasteiger partial charge in [0.2, 0.25) is 0 Å². The number of aromatic nitrogens is 1. The van der Waals surface area contributed by atoms with Gasteiger partial charge in [-0.2, -0.15) is 0 Å². The van der Waals surface area contributed by atoms with E-state index >= 15 is 0 Å². The molecule has 3 nitrogen and oxygen atoms in total. The lowest BCUT2D eigenvalue weighted by Gasteiger charge is -2.10. The molecule has 0 aromatic carbocycles. The Bertz CT molecular complexity index is 360. The lowest BCUT2D eigenvalue weighted by Crippen LogP contribution is -3.11. The van der Waals surface area contributed by atoms with Crippen LogP contribution < -0.4 is 10.2 Å². The molecule has 1 rings (SSSR count). The van der Waals surface area contributed by atoms with E-state index < -0.39 is 0 Å². The first-order valence-corrected chi connectivity index (χ1v) is 7.66. The molecule has 19 heavy (non-hydrogen) atoms. The maximum Gasteiger partial charge on any atom is 0.129 e. The van der Waals surface area contributed by atoms with Crippen molar-refractivity contribution in [2.24, 2.45) is 0 Å². The molecule has 0 unspecified atom stereocenters. The highest BCUT2D eigenvalue weighted by Gasteiger charge is 1.93. The Morgan fingerprint density at radius 3 is 2.16 bits per heavy atom. The fourth-order valence-corrected chi connectivity index (χ4v) is 1.81. The van der Waals surface area contributed by atoms with Crippen LogP contribution in [0.5, 0.6) is 0 Å². The molecular weight excluding hydrogens is 274 g/mol. The maximum absolute atomic E-state index is 4.72. The van der Waals surface area contributed by atoms with Crippen molar-refractivity contribution in [1.82, 2.24) is 4.98 Å². The van der Waals surface area contributed by atoms with Crippen LogP contribution in [0.25, 0.3) is 0 Å². The van der Waals surface area contributed by atoms with Gasteiger partial charge in [-0.25, -0.2) is 4.98 Å². The fraction of sp³-hybridized carbons (Fsp3) is 0.571. The predicted octanol–water partition coefficient (Wildman–Crippen LogP) is 1.82. The highest BCUT2D eigenvalue weighted by molar-refractivity contribution is 8.00. The number of nitrogens with zero attached hydrogens (tertiary/aromatic N) is 1. The smallest absolute Gasteiger partial charge is 0.129 e. The summed E-state index contributed by atoms with van der Waals surface area (Å²) in [5, 5.41) is 2.81. The van der Waals surface area contributed by atoms with E-state index in [1.807, 2.05) is 18.2 Å². The first-order valence-electron chi connectivity index (χ1n) is 6.84. The summed E-state index contributed by atoms with van der Waals surface area (Å²) in [6.45, 7) is 12.5. The highest BCUT2D eigenvalue weighted by atomic mass is 32.1. The van der Waals surface area contributed by atoms with Gasteiger partial charge in [0.25, 0.3) is 0 Å². The summed E-state index contributed by atoms with van der Waals surface area (Å²) in [5.74, 6) is 0.731. The van der Waals surface area contributed by atoms with E-state index in [2.05, 4.69) is 38.0 Å². The minimum absolute atomic E-state index is 0.329. The second-order valence-electron chi connectivity index (χ2n) is 4.09. The van der Waals surface area contributed by atoms with Crippen LogP contribution in [0.3, 0.4) is 0 Å². The van der Waals surface area contributed by atoms with Crippen molar-refractivity contribution in [1.29, 1.82) is 0 Å². The predicted molar refractivity (Wildman–Crippen MR) is 89.8 cm³/mol. The number of quaternary nitrogens is 1. The summed E-state index contributed by atoms with van der Waals surface area (Å²) in [7, 11) is 0. The second-order valence-corrected chi connectivity index (χ2v) is 5.17. The van der Waals surface area contributed by atoms with E-state index in [4.69, 9.17) is 24.8 Å². The molecule has 0 aliphatic rings. The number of hydrogen-bond acceptors (Lipinski definition) is 3. The molecule has 1 heterocycles. The molecule has 0 aliphatic heterocycles. The van der Waals surface area contributed by atoms with Crippen molar-refractivity contribution < 1.29 is 4.90 Å². The zero-order valence-electron chi connectivity index (χ0n) is 12.3. The molecule has 0 saturated carbocycles. The summed E-state index contributed by atoms with van der Waals surface area (Å²) in [5.41, 5.74) is 1.03. The maximum atomic E-state index is 4.72. The van der Waals surface area contributed by atoms with E-state index in [-0.39, 0.29) is 0 Å². The van der Waals surface area contributed by atoms with Crippen LogP contribution in [-0.2, 0) is 19.0 Å². The third-order valence-corrected chi connectivity index (χ3v) is 3.10. The number of hydrogen-bond donors (Lipinski definition) is 2. The molecule has 0 aliphatic carbocycles. The van der Waals surface area contributed by atoms with Crippen molar-refractivity contribution in [3.05, 3.63) is 23.9 Å². The Morgan fingerprint density at radius 1 is 1.21 bits per heavy atom. The van der Waals surface area contributed by atoms with Crippen LogP contribution >= 0.6 is 12.2 Å². The van der Waals surface area contributed by atoms with Crippen LogP contribution in [0, 0.1) is 0 Å². The Morgan fingerprint density at radius 2 is 1.79 bits per heavy atom. The number of anilines is 1. The zero-order valence-corrected chi connectivity index (χ0v) is 14.0. The average molecular weight is 300 g/mol. The first-order chi connectivity index (χ1) is 9.07. The monoisotopic (exact) mass is 299 g/mol. The van der Waals surface area contributed by atoms with Gasteiger partial charge in [0, 0.05) is 5.69 Å². The summed E-state index contributed by atoms with van der Waals surface area (Å²) < 4.78 is 0.329. The van der Waals surface area contributed by atoms with Gasteiger partial charge in [-0.1, -0.05) is 17.3 Å². The number of pyridine rings is 1. The molecule has 0 radical (unpaired) electrons. The van der Waals surface area contributed by atoms with Crippen LogP contribution in [0.4, 0.5) is 5.82 Å². The third-order valence-electron chi connectivity index (χ3n) is 2.90. The molecule has 108 valence electrons. The van der Waals surface area contributed by atoms with Gasteiger partial charge in [-0.15, -0.1) is 0 Å². The first kappa shape index (κ1) is 18.2. The average Bonchev–Trinajstić information content (AvgIpc) is 2.41. The lowest BCUT2D eigenvalue weighted by molar-refractivity contribution is -0.894. The number of thiocarbonyl (C=S) groups is 1. The van der Waals surface area contributed by atoms with Crippen molar-refractivity contribution >= 4 is 35.0 Å². The van der Waals surface area contributed by atoms with E-state index in [9.17, 15) is 0 Å². The highest BCUT2D eigenvalue weighted by Crippen LogP contribution is 2.04. The Kier molecular flexibility index (Phi) is 10.6. The summed E-state index contributed by atoms with van der Waals surface area (Å²) >= 11 is 9.44. The van der Waals surface area contributed by atoms with Crippen molar-refractivity contribution in [3.8, 4) is 0 Å². The molecule has 5 heteroatoms. The topological polar surface area (TPSA) is 29.4 Å². The van der Waals surface area contributed by atoms with Crippen molar-refractivity contribution in [2.75, 3.05) is 25.0 Å². The van der Waals surface area contributed by atoms with E-state index in [1.54, 1.807) is 4.90 Å². The molecule has 0 amide bonds. The summed E-state index contributed by atoms with van der Waals surface area (Å²) in [6, 6.07) is 5.75. The molecule has 2 N–H and O–H groups in total.